The Hall–Kier alpha value is -3.07. The number of nitrogens with zero attached hydrogens (tertiary/aromatic N) is 4. The third kappa shape index (κ3) is 4.56. The SMILES string of the molecule is CCCCN(CCO)C(=O)c1nn(-c2ccccc2[N+](=O)[O-])c(C)cc1=O. The average molecular weight is 374 g/mol. The molecule has 0 atom stereocenters. The van der Waals surface area contributed by atoms with Gasteiger partial charge >= 0.3 is 0 Å². The van der Waals surface area contributed by atoms with Crippen LogP contribution in [0, 0.1) is 17.0 Å². The first-order valence-electron chi connectivity index (χ1n) is 8.65. The molecule has 1 amide bonds. The molecule has 0 bridgehead atoms. The van der Waals surface area contributed by atoms with Crippen LogP contribution in [0.4, 0.5) is 5.69 Å². The molecule has 144 valence electrons. The molecule has 1 N–H and O–H groups in total. The van der Waals surface area contributed by atoms with Crippen molar-refractivity contribution in [2.45, 2.75) is 26.7 Å². The Morgan fingerprint density at radius 3 is 2.67 bits per heavy atom. The van der Waals surface area contributed by atoms with Gasteiger partial charge in [0.25, 0.3) is 11.6 Å². The standard InChI is InChI=1S/C18H22N4O5/c1-3-4-9-20(10-11-23)18(25)17-16(24)12-13(2)21(19-17)14-7-5-6-8-15(14)22(26)27/h5-8,12,23H,3-4,9-11H2,1-2H3. The van der Waals surface area contributed by atoms with Crippen LogP contribution in [0.3, 0.4) is 0 Å². The summed E-state index contributed by atoms with van der Waals surface area (Å²) in [6.07, 6.45) is 1.56. The van der Waals surface area contributed by atoms with E-state index < -0.39 is 16.3 Å². The van der Waals surface area contributed by atoms with Gasteiger partial charge in [0.1, 0.15) is 5.69 Å². The van der Waals surface area contributed by atoms with Crippen LogP contribution in [0.2, 0.25) is 0 Å². The molecule has 1 aromatic heterocycles. The number of rotatable bonds is 8. The van der Waals surface area contributed by atoms with Crippen LogP contribution < -0.4 is 5.43 Å². The molecule has 27 heavy (non-hydrogen) atoms. The van der Waals surface area contributed by atoms with Crippen LogP contribution in [0.5, 0.6) is 0 Å². The van der Waals surface area contributed by atoms with Gasteiger partial charge in [0.2, 0.25) is 5.43 Å². The van der Waals surface area contributed by atoms with Crippen molar-refractivity contribution in [2.24, 2.45) is 0 Å². The first-order valence-corrected chi connectivity index (χ1v) is 8.65. The second kappa shape index (κ2) is 9.04. The third-order valence-electron chi connectivity index (χ3n) is 4.06. The van der Waals surface area contributed by atoms with Crippen molar-refractivity contribution in [3.05, 3.63) is 62.1 Å². The summed E-state index contributed by atoms with van der Waals surface area (Å²) in [6.45, 7) is 3.78. The topological polar surface area (TPSA) is 119 Å². The van der Waals surface area contributed by atoms with Gasteiger partial charge in [-0.2, -0.15) is 5.10 Å². The molecule has 1 heterocycles. The third-order valence-corrected chi connectivity index (χ3v) is 4.06. The summed E-state index contributed by atoms with van der Waals surface area (Å²) in [7, 11) is 0. The van der Waals surface area contributed by atoms with Gasteiger partial charge in [0, 0.05) is 30.9 Å². The van der Waals surface area contributed by atoms with Crippen molar-refractivity contribution in [1.29, 1.82) is 0 Å². The quantitative estimate of drug-likeness (QED) is 0.555. The van der Waals surface area contributed by atoms with Crippen molar-refractivity contribution < 1.29 is 14.8 Å². The van der Waals surface area contributed by atoms with Gasteiger partial charge in [-0.15, -0.1) is 0 Å². The number of hydrogen-bond acceptors (Lipinski definition) is 6. The van der Waals surface area contributed by atoms with Crippen molar-refractivity contribution >= 4 is 11.6 Å². The Bertz CT molecular complexity index is 894. The number of hydrogen-bond donors (Lipinski definition) is 1. The number of nitro groups is 1. The number of aliphatic hydroxyl groups excluding tert-OH is 1. The smallest absolute Gasteiger partial charge is 0.294 e. The number of carbonyl (C=O) groups is 1. The van der Waals surface area contributed by atoms with Crippen LogP contribution in [-0.2, 0) is 0 Å². The van der Waals surface area contributed by atoms with Crippen LogP contribution in [0.15, 0.2) is 35.1 Å². The molecule has 0 unspecified atom stereocenters. The number of para-hydroxylation sites is 2. The summed E-state index contributed by atoms with van der Waals surface area (Å²) in [4.78, 5) is 37.3. The summed E-state index contributed by atoms with van der Waals surface area (Å²) in [5, 5.41) is 24.6. The first-order chi connectivity index (χ1) is 12.9. The monoisotopic (exact) mass is 374 g/mol. The van der Waals surface area contributed by atoms with Gasteiger partial charge in [0.15, 0.2) is 5.69 Å². The van der Waals surface area contributed by atoms with E-state index in [0.717, 1.165) is 12.8 Å². The Balaban J connectivity index is 2.55. The summed E-state index contributed by atoms with van der Waals surface area (Å²) in [5.41, 5.74) is -0.548. The number of amides is 1. The van der Waals surface area contributed by atoms with Crippen molar-refractivity contribution in [3.8, 4) is 5.69 Å². The van der Waals surface area contributed by atoms with Crippen molar-refractivity contribution in [1.82, 2.24) is 14.7 Å². The fourth-order valence-electron chi connectivity index (χ4n) is 2.67. The highest BCUT2D eigenvalue weighted by Gasteiger charge is 2.23. The van der Waals surface area contributed by atoms with Crippen LogP contribution in [-0.4, -0.2) is 50.3 Å². The molecular weight excluding hydrogens is 352 g/mol. The highest BCUT2D eigenvalue weighted by Crippen LogP contribution is 2.22. The van der Waals surface area contributed by atoms with Gasteiger partial charge in [-0.05, 0) is 19.4 Å². The van der Waals surface area contributed by atoms with E-state index in [2.05, 4.69) is 5.10 Å². The average Bonchev–Trinajstić information content (AvgIpc) is 2.64. The summed E-state index contributed by atoms with van der Waals surface area (Å²) >= 11 is 0. The summed E-state index contributed by atoms with van der Waals surface area (Å²) in [5.74, 6) is -0.602. The molecule has 9 nitrogen and oxygen atoms in total. The lowest BCUT2D eigenvalue weighted by molar-refractivity contribution is -0.384. The minimum atomic E-state index is -0.602. The lowest BCUT2D eigenvalue weighted by Crippen LogP contribution is -2.38. The highest BCUT2D eigenvalue weighted by molar-refractivity contribution is 5.92. The molecule has 0 radical (unpaired) electrons. The molecule has 0 saturated heterocycles. The molecule has 0 spiro atoms. The predicted molar refractivity (Wildman–Crippen MR) is 99.1 cm³/mol. The van der Waals surface area contributed by atoms with E-state index in [1.807, 2.05) is 6.92 Å². The largest absolute Gasteiger partial charge is 0.395 e. The molecule has 0 aliphatic heterocycles. The van der Waals surface area contributed by atoms with Gasteiger partial charge in [-0.3, -0.25) is 19.7 Å². The molecule has 2 aromatic rings. The van der Waals surface area contributed by atoms with Crippen molar-refractivity contribution in [3.63, 3.8) is 0 Å². The number of unbranched alkanes of at least 4 members (excludes halogenated alkanes) is 1. The van der Waals surface area contributed by atoms with E-state index in [0.29, 0.717) is 12.2 Å². The maximum Gasteiger partial charge on any atom is 0.294 e. The molecule has 0 aliphatic rings. The number of benzene rings is 1. The lowest BCUT2D eigenvalue weighted by Gasteiger charge is -2.21. The van der Waals surface area contributed by atoms with Gasteiger partial charge < -0.3 is 10.0 Å². The predicted octanol–water partition coefficient (Wildman–Crippen LogP) is 1.68. The van der Waals surface area contributed by atoms with Crippen molar-refractivity contribution in [2.75, 3.05) is 19.7 Å². The molecule has 0 fully saturated rings. The minimum absolute atomic E-state index is 0.0827. The Labute approximate surface area is 156 Å². The number of nitro benzene ring substituents is 1. The molecule has 2 rings (SSSR count). The number of carbonyl (C=O) groups excluding carboxylic acids is 1. The zero-order valence-electron chi connectivity index (χ0n) is 15.3. The zero-order valence-corrected chi connectivity index (χ0v) is 15.3. The van der Waals surface area contributed by atoms with E-state index in [9.17, 15) is 24.8 Å². The van der Waals surface area contributed by atoms with Gasteiger partial charge in [-0.1, -0.05) is 25.5 Å². The normalized spacial score (nSPS) is 10.6. The molecule has 9 heteroatoms. The second-order valence-electron chi connectivity index (χ2n) is 6.03. The van der Waals surface area contributed by atoms with E-state index in [4.69, 9.17) is 0 Å². The van der Waals surface area contributed by atoms with E-state index >= 15 is 0 Å². The number of aryl methyl sites for hydroxylation is 1. The van der Waals surface area contributed by atoms with E-state index in [1.165, 1.54) is 33.8 Å². The van der Waals surface area contributed by atoms with Crippen LogP contribution in [0.25, 0.3) is 5.69 Å². The first kappa shape index (κ1) is 20.2. The van der Waals surface area contributed by atoms with E-state index in [-0.39, 0.29) is 30.2 Å². The zero-order chi connectivity index (χ0) is 20.0. The maximum absolute atomic E-state index is 12.8. The van der Waals surface area contributed by atoms with E-state index in [1.54, 1.807) is 13.0 Å². The second-order valence-corrected chi connectivity index (χ2v) is 6.03. The maximum atomic E-state index is 12.8. The Kier molecular flexibility index (Phi) is 6.78. The summed E-state index contributed by atoms with van der Waals surface area (Å²) in [6, 6.07) is 7.20. The molecule has 0 saturated carbocycles. The molecule has 1 aromatic carbocycles. The van der Waals surface area contributed by atoms with Crippen LogP contribution in [0.1, 0.15) is 35.9 Å². The molecule has 0 aliphatic carbocycles. The van der Waals surface area contributed by atoms with Crippen LogP contribution >= 0.6 is 0 Å². The number of aromatic nitrogens is 2. The molecular formula is C18H22N4O5. The highest BCUT2D eigenvalue weighted by atomic mass is 16.6. The fourth-order valence-corrected chi connectivity index (χ4v) is 2.67. The number of aliphatic hydroxyl groups is 1. The van der Waals surface area contributed by atoms with Gasteiger partial charge in [0.05, 0.1) is 11.5 Å². The minimum Gasteiger partial charge on any atom is -0.395 e. The Morgan fingerprint density at radius 2 is 2.04 bits per heavy atom. The lowest BCUT2D eigenvalue weighted by atomic mass is 10.2. The summed E-state index contributed by atoms with van der Waals surface area (Å²) < 4.78 is 1.23. The Morgan fingerprint density at radius 1 is 1.33 bits per heavy atom. The fraction of sp³-hybridized carbons (Fsp3) is 0.389. The van der Waals surface area contributed by atoms with Gasteiger partial charge in [-0.25, -0.2) is 4.68 Å².